The third-order valence-corrected chi connectivity index (χ3v) is 6.99. The smallest absolute Gasteiger partial charge is 0.407 e. The van der Waals surface area contributed by atoms with Crippen LogP contribution in [-0.2, 0) is 37.0 Å². The number of unbranched alkanes of at least 4 members (excludes halogenated alkanes) is 1. The molecule has 0 saturated carbocycles. The van der Waals surface area contributed by atoms with E-state index in [1.807, 2.05) is 60.7 Å². The Bertz CT molecular complexity index is 1190. The van der Waals surface area contributed by atoms with Gasteiger partial charge < -0.3 is 30.1 Å². The molecule has 2 atom stereocenters. The maximum atomic E-state index is 13.4. The maximum Gasteiger partial charge on any atom is 0.407 e. The number of carbonyl (C=O) groups is 4. The molecule has 45 heavy (non-hydrogen) atoms. The molecule has 10 nitrogen and oxygen atoms in total. The molecule has 0 aliphatic rings. The highest BCUT2D eigenvalue weighted by Gasteiger charge is 2.26. The normalized spacial score (nSPS) is 11.8. The second-order valence-electron chi connectivity index (χ2n) is 10.7. The second kappa shape index (κ2) is 22.1. The van der Waals surface area contributed by atoms with Gasteiger partial charge in [-0.3, -0.25) is 14.4 Å². The van der Waals surface area contributed by atoms with Gasteiger partial charge in [0.25, 0.3) is 0 Å². The van der Waals surface area contributed by atoms with Crippen molar-refractivity contribution in [2.24, 2.45) is 5.92 Å². The Morgan fingerprint density at radius 1 is 0.911 bits per heavy atom. The van der Waals surface area contributed by atoms with E-state index in [-0.39, 0.29) is 57.4 Å². The quantitative estimate of drug-likeness (QED) is 0.0988. The molecule has 0 fully saturated rings. The molecule has 3 amide bonds. The highest BCUT2D eigenvalue weighted by atomic mass is 16.5. The van der Waals surface area contributed by atoms with Crippen LogP contribution in [0.4, 0.5) is 4.79 Å². The molecule has 0 aromatic heterocycles. The van der Waals surface area contributed by atoms with Gasteiger partial charge in [-0.1, -0.05) is 72.8 Å². The molecule has 3 N–H and O–H groups in total. The summed E-state index contributed by atoms with van der Waals surface area (Å²) < 4.78 is 10.6. The Balaban J connectivity index is 1.93. The van der Waals surface area contributed by atoms with E-state index in [0.717, 1.165) is 11.1 Å². The van der Waals surface area contributed by atoms with Crippen LogP contribution in [0.15, 0.2) is 86.0 Å². The van der Waals surface area contributed by atoms with Crippen molar-refractivity contribution >= 4 is 23.9 Å². The summed E-state index contributed by atoms with van der Waals surface area (Å²) in [6.07, 6.45) is 5.32. The molecule has 0 bridgehead atoms. The summed E-state index contributed by atoms with van der Waals surface area (Å²) in [6, 6.07) is 18.3. The molecule has 0 heterocycles. The molecule has 244 valence electrons. The maximum absolute atomic E-state index is 13.4. The van der Waals surface area contributed by atoms with Crippen molar-refractivity contribution in [3.05, 3.63) is 97.1 Å². The minimum atomic E-state index is -0.688. The van der Waals surface area contributed by atoms with Crippen molar-refractivity contribution in [2.75, 3.05) is 26.3 Å². The number of aliphatic hydroxyl groups excluding tert-OH is 1. The Morgan fingerprint density at radius 2 is 1.60 bits per heavy atom. The number of alkyl carbamates (subject to hydrolysis) is 1. The zero-order valence-corrected chi connectivity index (χ0v) is 26.0. The predicted octanol–water partition coefficient (Wildman–Crippen LogP) is 4.68. The van der Waals surface area contributed by atoms with Crippen LogP contribution < -0.4 is 10.6 Å². The van der Waals surface area contributed by atoms with Crippen molar-refractivity contribution < 1.29 is 33.8 Å². The molecule has 0 saturated heterocycles. The SMILES string of the molecule is C=CCCC(=O)OC[C@H](CCCCNC(=O)OCc1ccccc1)NC(=O)[C@H](CC=C)CC(=O)N(CCO)Cc1ccccc1. The lowest BCUT2D eigenvalue weighted by atomic mass is 9.98. The summed E-state index contributed by atoms with van der Waals surface area (Å²) in [7, 11) is 0. The minimum absolute atomic E-state index is 0.0202. The van der Waals surface area contributed by atoms with Crippen molar-refractivity contribution in [3.63, 3.8) is 0 Å². The van der Waals surface area contributed by atoms with E-state index in [1.54, 1.807) is 12.2 Å². The largest absolute Gasteiger partial charge is 0.463 e. The summed E-state index contributed by atoms with van der Waals surface area (Å²) >= 11 is 0. The summed E-state index contributed by atoms with van der Waals surface area (Å²) in [5.74, 6) is -1.68. The van der Waals surface area contributed by atoms with Crippen LogP contribution in [0.1, 0.15) is 56.1 Å². The third kappa shape index (κ3) is 15.7. The number of rotatable bonds is 22. The monoisotopic (exact) mass is 621 g/mol. The van der Waals surface area contributed by atoms with Crippen molar-refractivity contribution in [1.82, 2.24) is 15.5 Å². The molecule has 0 aliphatic carbocycles. The molecule has 2 aromatic carbocycles. The van der Waals surface area contributed by atoms with Crippen LogP contribution in [0.2, 0.25) is 0 Å². The average Bonchev–Trinajstić information content (AvgIpc) is 3.05. The van der Waals surface area contributed by atoms with Gasteiger partial charge in [-0.15, -0.1) is 13.2 Å². The molecular weight excluding hydrogens is 574 g/mol. The first kappa shape index (κ1) is 36.8. The molecule has 0 unspecified atom stereocenters. The van der Waals surface area contributed by atoms with Crippen molar-refractivity contribution in [2.45, 2.75) is 64.1 Å². The van der Waals surface area contributed by atoms with Crippen LogP contribution in [0.3, 0.4) is 0 Å². The number of amides is 3. The lowest BCUT2D eigenvalue weighted by Gasteiger charge is -2.26. The minimum Gasteiger partial charge on any atom is -0.463 e. The van der Waals surface area contributed by atoms with E-state index in [1.165, 1.54) is 4.90 Å². The van der Waals surface area contributed by atoms with Crippen LogP contribution in [-0.4, -0.2) is 66.2 Å². The summed E-state index contributed by atoms with van der Waals surface area (Å²) in [4.78, 5) is 52.3. The number of aliphatic hydroxyl groups is 1. The van der Waals surface area contributed by atoms with Crippen LogP contribution in [0.5, 0.6) is 0 Å². The fourth-order valence-corrected chi connectivity index (χ4v) is 4.52. The second-order valence-corrected chi connectivity index (χ2v) is 10.7. The molecule has 0 radical (unpaired) electrons. The molecule has 2 rings (SSSR count). The van der Waals surface area contributed by atoms with Crippen LogP contribution >= 0.6 is 0 Å². The number of hydrogen-bond donors (Lipinski definition) is 3. The van der Waals surface area contributed by atoms with Gasteiger partial charge in [-0.2, -0.15) is 0 Å². The van der Waals surface area contributed by atoms with Gasteiger partial charge in [0, 0.05) is 32.5 Å². The Kier molecular flexibility index (Phi) is 18.1. The summed E-state index contributed by atoms with van der Waals surface area (Å²) in [6.45, 7) is 8.17. The number of benzene rings is 2. The van der Waals surface area contributed by atoms with E-state index < -0.39 is 24.0 Å². The highest BCUT2D eigenvalue weighted by Crippen LogP contribution is 2.16. The molecule has 2 aromatic rings. The Hall–Kier alpha value is -4.44. The first-order chi connectivity index (χ1) is 21.9. The van der Waals surface area contributed by atoms with E-state index in [4.69, 9.17) is 9.47 Å². The molecule has 10 heteroatoms. The zero-order chi connectivity index (χ0) is 32.7. The third-order valence-electron chi connectivity index (χ3n) is 6.99. The topological polar surface area (TPSA) is 134 Å². The van der Waals surface area contributed by atoms with Gasteiger partial charge in [0.1, 0.15) is 13.2 Å². The Morgan fingerprint density at radius 3 is 2.24 bits per heavy atom. The number of esters is 1. The fourth-order valence-electron chi connectivity index (χ4n) is 4.52. The molecular formula is C35H47N3O7. The Labute approximate surface area is 266 Å². The number of nitrogens with one attached hydrogen (secondary N) is 2. The van der Waals surface area contributed by atoms with Crippen molar-refractivity contribution in [3.8, 4) is 0 Å². The predicted molar refractivity (Wildman–Crippen MR) is 173 cm³/mol. The van der Waals surface area contributed by atoms with Gasteiger partial charge in [0.2, 0.25) is 11.8 Å². The fraction of sp³-hybridized carbons (Fsp3) is 0.429. The van der Waals surface area contributed by atoms with E-state index in [0.29, 0.717) is 38.8 Å². The first-order valence-corrected chi connectivity index (χ1v) is 15.4. The first-order valence-electron chi connectivity index (χ1n) is 15.4. The average molecular weight is 622 g/mol. The zero-order valence-electron chi connectivity index (χ0n) is 26.0. The summed E-state index contributed by atoms with van der Waals surface area (Å²) in [5, 5.41) is 15.2. The van der Waals surface area contributed by atoms with Gasteiger partial charge in [-0.05, 0) is 43.2 Å². The highest BCUT2D eigenvalue weighted by molar-refractivity contribution is 5.86. The number of carbonyl (C=O) groups excluding carboxylic acids is 4. The van der Waals surface area contributed by atoms with Gasteiger partial charge in [0.15, 0.2) is 0 Å². The molecule has 0 spiro atoms. The van der Waals surface area contributed by atoms with Gasteiger partial charge >= 0.3 is 12.1 Å². The van der Waals surface area contributed by atoms with E-state index in [2.05, 4.69) is 23.8 Å². The van der Waals surface area contributed by atoms with Crippen LogP contribution in [0.25, 0.3) is 0 Å². The van der Waals surface area contributed by atoms with E-state index >= 15 is 0 Å². The number of nitrogens with zero attached hydrogens (tertiary/aromatic N) is 1. The van der Waals surface area contributed by atoms with E-state index in [9.17, 15) is 24.3 Å². The number of ether oxygens (including phenoxy) is 2. The van der Waals surface area contributed by atoms with Gasteiger partial charge in [0.05, 0.1) is 18.6 Å². The van der Waals surface area contributed by atoms with Crippen molar-refractivity contribution in [1.29, 1.82) is 0 Å². The lowest BCUT2D eigenvalue weighted by Crippen LogP contribution is -2.44. The van der Waals surface area contributed by atoms with Gasteiger partial charge in [-0.25, -0.2) is 4.79 Å². The number of allylic oxidation sites excluding steroid dienone is 2. The molecule has 0 aliphatic heterocycles. The summed E-state index contributed by atoms with van der Waals surface area (Å²) in [5.41, 5.74) is 1.81. The van der Waals surface area contributed by atoms with Crippen LogP contribution in [0, 0.1) is 5.92 Å². The lowest BCUT2D eigenvalue weighted by molar-refractivity contribution is -0.145. The number of hydrogen-bond acceptors (Lipinski definition) is 7. The standard InChI is InChI=1S/C35H47N3O7/c1-3-5-20-33(41)44-27-31(19-12-13-21-36-35(43)45-26-29-17-10-7-11-18-29)37-34(42)30(14-4-2)24-32(40)38(22-23-39)25-28-15-8-6-9-16-28/h3-4,6-11,15-18,30-31,39H,1-2,5,12-14,19-27H2,(H,36,43)(H,37,42)/t30-,31+/m1/s1.